The van der Waals surface area contributed by atoms with Crippen molar-refractivity contribution in [2.45, 2.75) is 31.8 Å². The second kappa shape index (κ2) is 6.33. The summed E-state index contributed by atoms with van der Waals surface area (Å²) in [4.78, 5) is 13.8. The van der Waals surface area contributed by atoms with Crippen molar-refractivity contribution in [3.8, 4) is 0 Å². The second-order valence-electron chi connectivity index (χ2n) is 4.98. The first-order valence-electron chi connectivity index (χ1n) is 6.57. The van der Waals surface area contributed by atoms with Crippen LogP contribution in [0.2, 0.25) is 0 Å². The maximum Gasteiger partial charge on any atom is 0.234 e. The molecule has 2 fully saturated rings. The molecule has 5 heteroatoms. The topological polar surface area (TPSA) is 53.6 Å². The molecule has 2 rings (SSSR count). The van der Waals surface area contributed by atoms with Crippen LogP contribution in [0.5, 0.6) is 0 Å². The lowest BCUT2D eigenvalue weighted by atomic mass is 10.1. The monoisotopic (exact) mass is 241 g/mol. The van der Waals surface area contributed by atoms with E-state index in [0.29, 0.717) is 18.6 Å². The van der Waals surface area contributed by atoms with Gasteiger partial charge in [0.1, 0.15) is 0 Å². The summed E-state index contributed by atoms with van der Waals surface area (Å²) in [6, 6.07) is 0.864. The predicted octanol–water partition coefficient (Wildman–Crippen LogP) is -0.425. The molecule has 17 heavy (non-hydrogen) atoms. The average Bonchev–Trinajstić information content (AvgIpc) is 2.55. The third kappa shape index (κ3) is 3.94. The van der Waals surface area contributed by atoms with E-state index < -0.39 is 0 Å². The number of rotatable bonds is 3. The summed E-state index contributed by atoms with van der Waals surface area (Å²) >= 11 is 0. The van der Waals surface area contributed by atoms with Gasteiger partial charge in [-0.3, -0.25) is 9.69 Å². The molecule has 2 aliphatic rings. The van der Waals surface area contributed by atoms with E-state index in [2.05, 4.69) is 22.5 Å². The Hall–Kier alpha value is -0.650. The summed E-state index contributed by atoms with van der Waals surface area (Å²) < 4.78 is 5.46. The lowest BCUT2D eigenvalue weighted by Crippen LogP contribution is -2.47. The molecule has 5 nitrogen and oxygen atoms in total. The van der Waals surface area contributed by atoms with Crippen LogP contribution in [0, 0.1) is 0 Å². The van der Waals surface area contributed by atoms with Crippen LogP contribution in [0.1, 0.15) is 19.8 Å². The first kappa shape index (κ1) is 12.8. The minimum Gasteiger partial charge on any atom is -0.379 e. The van der Waals surface area contributed by atoms with Gasteiger partial charge in [-0.1, -0.05) is 0 Å². The molecule has 2 aliphatic heterocycles. The Bertz CT molecular complexity index is 254. The SMILES string of the molecule is CC(CC1COCCN1)N1CCCNC(=O)C1. The highest BCUT2D eigenvalue weighted by molar-refractivity contribution is 5.78. The number of hydrogen-bond acceptors (Lipinski definition) is 4. The molecule has 2 saturated heterocycles. The predicted molar refractivity (Wildman–Crippen MR) is 65.9 cm³/mol. The van der Waals surface area contributed by atoms with Crippen LogP contribution in [0.4, 0.5) is 0 Å². The van der Waals surface area contributed by atoms with Gasteiger partial charge in [-0.05, 0) is 19.8 Å². The zero-order valence-corrected chi connectivity index (χ0v) is 10.6. The average molecular weight is 241 g/mol. The summed E-state index contributed by atoms with van der Waals surface area (Å²) in [5.74, 6) is 0.155. The molecule has 0 aromatic heterocycles. The zero-order chi connectivity index (χ0) is 12.1. The summed E-state index contributed by atoms with van der Waals surface area (Å²) in [6.07, 6.45) is 2.10. The first-order valence-corrected chi connectivity index (χ1v) is 6.57. The van der Waals surface area contributed by atoms with Crippen molar-refractivity contribution in [2.75, 3.05) is 39.4 Å². The number of nitrogens with zero attached hydrogens (tertiary/aromatic N) is 1. The molecule has 0 bridgehead atoms. The molecule has 2 heterocycles. The molecule has 0 aliphatic carbocycles. The van der Waals surface area contributed by atoms with Gasteiger partial charge in [0.05, 0.1) is 19.8 Å². The number of ether oxygens (including phenoxy) is 1. The first-order chi connectivity index (χ1) is 8.25. The van der Waals surface area contributed by atoms with Gasteiger partial charge in [0.25, 0.3) is 0 Å². The van der Waals surface area contributed by atoms with Gasteiger partial charge < -0.3 is 15.4 Å². The van der Waals surface area contributed by atoms with E-state index in [1.165, 1.54) is 0 Å². The minimum atomic E-state index is 0.155. The van der Waals surface area contributed by atoms with E-state index in [-0.39, 0.29) is 5.91 Å². The largest absolute Gasteiger partial charge is 0.379 e. The number of morpholine rings is 1. The third-order valence-corrected chi connectivity index (χ3v) is 3.54. The quantitative estimate of drug-likeness (QED) is 0.704. The van der Waals surface area contributed by atoms with Crippen LogP contribution >= 0.6 is 0 Å². The fourth-order valence-electron chi connectivity index (χ4n) is 2.54. The van der Waals surface area contributed by atoms with Gasteiger partial charge in [0, 0.05) is 31.7 Å². The molecule has 0 aromatic rings. The number of nitrogens with one attached hydrogen (secondary N) is 2. The third-order valence-electron chi connectivity index (χ3n) is 3.54. The van der Waals surface area contributed by atoms with E-state index in [4.69, 9.17) is 4.74 Å². The zero-order valence-electron chi connectivity index (χ0n) is 10.6. The van der Waals surface area contributed by atoms with Crippen molar-refractivity contribution < 1.29 is 9.53 Å². The van der Waals surface area contributed by atoms with E-state index >= 15 is 0 Å². The van der Waals surface area contributed by atoms with Crippen LogP contribution in [-0.2, 0) is 9.53 Å². The summed E-state index contributed by atoms with van der Waals surface area (Å²) in [5.41, 5.74) is 0. The summed E-state index contributed by atoms with van der Waals surface area (Å²) in [5, 5.41) is 6.38. The van der Waals surface area contributed by atoms with Crippen molar-refractivity contribution in [1.29, 1.82) is 0 Å². The van der Waals surface area contributed by atoms with Gasteiger partial charge in [0.15, 0.2) is 0 Å². The Labute approximate surface area is 103 Å². The Morgan fingerprint density at radius 2 is 2.41 bits per heavy atom. The van der Waals surface area contributed by atoms with Gasteiger partial charge in [-0.15, -0.1) is 0 Å². The maximum atomic E-state index is 11.5. The lowest BCUT2D eigenvalue weighted by Gasteiger charge is -2.32. The van der Waals surface area contributed by atoms with E-state index in [1.54, 1.807) is 0 Å². The summed E-state index contributed by atoms with van der Waals surface area (Å²) in [6.45, 7) is 7.11. The van der Waals surface area contributed by atoms with E-state index in [0.717, 1.165) is 45.7 Å². The molecular formula is C12H23N3O2. The number of carbonyl (C=O) groups is 1. The molecule has 0 aromatic carbocycles. The summed E-state index contributed by atoms with van der Waals surface area (Å²) in [7, 11) is 0. The molecule has 0 spiro atoms. The second-order valence-corrected chi connectivity index (χ2v) is 4.98. The molecule has 0 saturated carbocycles. The van der Waals surface area contributed by atoms with Crippen LogP contribution in [0.15, 0.2) is 0 Å². The van der Waals surface area contributed by atoms with Crippen LogP contribution in [0.3, 0.4) is 0 Å². The number of hydrogen-bond donors (Lipinski definition) is 2. The Balaban J connectivity index is 1.80. The fourth-order valence-corrected chi connectivity index (χ4v) is 2.54. The highest BCUT2D eigenvalue weighted by atomic mass is 16.5. The molecule has 0 radical (unpaired) electrons. The van der Waals surface area contributed by atoms with Crippen molar-refractivity contribution >= 4 is 5.91 Å². The van der Waals surface area contributed by atoms with Crippen LogP contribution < -0.4 is 10.6 Å². The Morgan fingerprint density at radius 3 is 3.18 bits per heavy atom. The van der Waals surface area contributed by atoms with Crippen LogP contribution in [0.25, 0.3) is 0 Å². The normalized spacial score (nSPS) is 29.5. The molecule has 1 amide bonds. The van der Waals surface area contributed by atoms with E-state index in [9.17, 15) is 4.79 Å². The van der Waals surface area contributed by atoms with Gasteiger partial charge in [-0.25, -0.2) is 0 Å². The number of amides is 1. The molecule has 2 atom stereocenters. The van der Waals surface area contributed by atoms with Crippen LogP contribution in [-0.4, -0.2) is 62.3 Å². The van der Waals surface area contributed by atoms with Gasteiger partial charge in [-0.2, -0.15) is 0 Å². The maximum absolute atomic E-state index is 11.5. The minimum absolute atomic E-state index is 0.155. The molecular weight excluding hydrogens is 218 g/mol. The lowest BCUT2D eigenvalue weighted by molar-refractivity contribution is -0.121. The molecule has 2 unspecified atom stereocenters. The fraction of sp³-hybridized carbons (Fsp3) is 0.917. The van der Waals surface area contributed by atoms with Crippen molar-refractivity contribution in [3.63, 3.8) is 0 Å². The highest BCUT2D eigenvalue weighted by Crippen LogP contribution is 2.10. The Morgan fingerprint density at radius 1 is 1.53 bits per heavy atom. The van der Waals surface area contributed by atoms with Crippen molar-refractivity contribution in [1.82, 2.24) is 15.5 Å². The highest BCUT2D eigenvalue weighted by Gasteiger charge is 2.23. The van der Waals surface area contributed by atoms with E-state index in [1.807, 2.05) is 0 Å². The molecule has 2 N–H and O–H groups in total. The standard InChI is InChI=1S/C12H23N3O2/c1-10(7-11-9-17-6-4-13-11)15-5-2-3-14-12(16)8-15/h10-11,13H,2-9H2,1H3,(H,14,16). The number of carbonyl (C=O) groups excluding carboxylic acids is 1. The van der Waals surface area contributed by atoms with Crippen molar-refractivity contribution in [3.05, 3.63) is 0 Å². The van der Waals surface area contributed by atoms with Gasteiger partial charge in [0.2, 0.25) is 5.91 Å². The smallest absolute Gasteiger partial charge is 0.234 e. The Kier molecular flexibility index (Phi) is 4.76. The molecule has 98 valence electrons. The van der Waals surface area contributed by atoms with Crippen molar-refractivity contribution in [2.24, 2.45) is 0 Å². The van der Waals surface area contributed by atoms with Gasteiger partial charge >= 0.3 is 0 Å².